The molecule has 3 aliphatic rings. The van der Waals surface area contributed by atoms with Gasteiger partial charge in [-0.2, -0.15) is 0 Å². The van der Waals surface area contributed by atoms with Crippen LogP contribution < -0.4 is 10.3 Å². The predicted molar refractivity (Wildman–Crippen MR) is 91.9 cm³/mol. The summed E-state index contributed by atoms with van der Waals surface area (Å²) in [4.78, 5) is 25.7. The number of carboxylic acids is 1. The average molecular weight is 360 g/mol. The molecule has 5 rings (SSSR count). The van der Waals surface area contributed by atoms with Crippen LogP contribution in [-0.4, -0.2) is 27.7 Å². The minimum Gasteiger partial charge on any atom is -0.477 e. The number of rotatable bonds is 3. The fraction of sp³-hybridized carbons (Fsp3) is 0.474. The van der Waals surface area contributed by atoms with Gasteiger partial charge < -0.3 is 14.6 Å². The Kier molecular flexibility index (Phi) is 3.21. The Morgan fingerprint density at radius 2 is 1.62 bits per heavy atom. The molecule has 2 bridgehead atoms. The van der Waals surface area contributed by atoms with Gasteiger partial charge in [0.25, 0.3) is 0 Å². The first-order valence-corrected chi connectivity index (χ1v) is 9.06. The van der Waals surface area contributed by atoms with Gasteiger partial charge in [-0.1, -0.05) is 0 Å². The van der Waals surface area contributed by atoms with Crippen molar-refractivity contribution in [1.29, 1.82) is 0 Å². The van der Waals surface area contributed by atoms with E-state index in [4.69, 9.17) is 0 Å². The minimum absolute atomic E-state index is 0.0326. The van der Waals surface area contributed by atoms with Gasteiger partial charge in [-0.05, 0) is 44.6 Å². The number of anilines is 1. The summed E-state index contributed by atoms with van der Waals surface area (Å²) in [6.07, 6.45) is 6.50. The first-order chi connectivity index (χ1) is 12.5. The smallest absolute Gasteiger partial charge is 0.341 e. The maximum absolute atomic E-state index is 15.5. The normalized spacial score (nSPS) is 24.6. The van der Waals surface area contributed by atoms with Crippen molar-refractivity contribution < 1.29 is 18.7 Å². The molecule has 0 unspecified atom stereocenters. The zero-order valence-electron chi connectivity index (χ0n) is 14.0. The second-order valence-electron chi connectivity index (χ2n) is 7.60. The number of carboxylic acid groups (broad SMARTS) is 1. The molecule has 3 heterocycles. The maximum Gasteiger partial charge on any atom is 0.341 e. The zero-order valence-corrected chi connectivity index (χ0v) is 14.0. The van der Waals surface area contributed by atoms with Crippen LogP contribution in [-0.2, 0) is 0 Å². The Morgan fingerprint density at radius 1 is 1.04 bits per heavy atom. The molecule has 0 atom stereocenters. The van der Waals surface area contributed by atoms with Gasteiger partial charge in [-0.25, -0.2) is 13.6 Å². The third-order valence-electron chi connectivity index (χ3n) is 6.07. The molecule has 2 aromatic rings. The second kappa shape index (κ2) is 5.28. The minimum atomic E-state index is -1.38. The van der Waals surface area contributed by atoms with Crippen molar-refractivity contribution in [1.82, 2.24) is 4.57 Å². The fourth-order valence-corrected chi connectivity index (χ4v) is 4.74. The Labute approximate surface area is 147 Å². The highest BCUT2D eigenvalue weighted by molar-refractivity contribution is 5.94. The van der Waals surface area contributed by atoms with E-state index in [0.29, 0.717) is 0 Å². The summed E-state index contributed by atoms with van der Waals surface area (Å²) < 4.78 is 31.9. The van der Waals surface area contributed by atoms with Crippen LogP contribution in [0.25, 0.3) is 10.9 Å². The number of benzene rings is 1. The molecule has 3 fully saturated rings. The van der Waals surface area contributed by atoms with Crippen LogP contribution >= 0.6 is 0 Å². The lowest BCUT2D eigenvalue weighted by Crippen LogP contribution is -2.30. The third kappa shape index (κ3) is 2.06. The number of carbonyl (C=O) groups is 1. The average Bonchev–Trinajstić information content (AvgIpc) is 3.29. The standard InChI is InChI=1S/C19H18F2N2O3/c20-14-7-12-16(15(21)17(14)23-10-3-4-11(23)6-5-10)22(9-1-2-9)8-13(18(12)24)19(25)26/h7-11H,1-6H2,(H,25,26). The Balaban J connectivity index is 1.82. The van der Waals surface area contributed by atoms with Gasteiger partial charge in [0.1, 0.15) is 17.1 Å². The maximum atomic E-state index is 15.5. The molecule has 2 aliphatic heterocycles. The highest BCUT2D eigenvalue weighted by atomic mass is 19.1. The lowest BCUT2D eigenvalue weighted by molar-refractivity contribution is 0.0695. The number of pyridine rings is 1. The lowest BCUT2D eigenvalue weighted by Gasteiger charge is -2.26. The van der Waals surface area contributed by atoms with E-state index in [1.165, 1.54) is 10.8 Å². The molecular formula is C19H18F2N2O3. The van der Waals surface area contributed by atoms with Crippen LogP contribution in [0.4, 0.5) is 14.5 Å². The van der Waals surface area contributed by atoms with Crippen molar-refractivity contribution in [2.75, 3.05) is 4.90 Å². The summed E-state index contributed by atoms with van der Waals surface area (Å²) in [5.41, 5.74) is -1.31. The molecule has 7 heteroatoms. The van der Waals surface area contributed by atoms with E-state index in [9.17, 15) is 19.1 Å². The van der Waals surface area contributed by atoms with Gasteiger partial charge in [0.15, 0.2) is 5.82 Å². The van der Waals surface area contributed by atoms with Crippen molar-refractivity contribution in [3.8, 4) is 0 Å². The Hall–Kier alpha value is -2.44. The topological polar surface area (TPSA) is 62.5 Å². The van der Waals surface area contributed by atoms with Crippen LogP contribution in [0.15, 0.2) is 17.1 Å². The lowest BCUT2D eigenvalue weighted by atomic mass is 10.0. The van der Waals surface area contributed by atoms with Gasteiger partial charge >= 0.3 is 5.97 Å². The van der Waals surface area contributed by atoms with Crippen LogP contribution in [0.3, 0.4) is 0 Å². The van der Waals surface area contributed by atoms with E-state index in [2.05, 4.69) is 0 Å². The van der Waals surface area contributed by atoms with Crippen LogP contribution in [0.1, 0.15) is 54.9 Å². The molecule has 0 radical (unpaired) electrons. The summed E-state index contributed by atoms with van der Waals surface area (Å²) >= 11 is 0. The molecule has 5 nitrogen and oxygen atoms in total. The molecular weight excluding hydrogens is 342 g/mol. The van der Waals surface area contributed by atoms with Crippen LogP contribution in [0.5, 0.6) is 0 Å². The first-order valence-electron chi connectivity index (χ1n) is 9.06. The van der Waals surface area contributed by atoms with Crippen molar-refractivity contribution in [3.05, 3.63) is 39.7 Å². The third-order valence-corrected chi connectivity index (χ3v) is 6.07. The van der Waals surface area contributed by atoms with Gasteiger partial charge in [-0.3, -0.25) is 4.79 Å². The van der Waals surface area contributed by atoms with Gasteiger partial charge in [-0.15, -0.1) is 0 Å². The number of halogens is 2. The van der Waals surface area contributed by atoms with Crippen LogP contribution in [0.2, 0.25) is 0 Å². The molecule has 1 aromatic carbocycles. The molecule has 1 N–H and O–H groups in total. The van der Waals surface area contributed by atoms with E-state index < -0.39 is 28.6 Å². The van der Waals surface area contributed by atoms with E-state index in [1.54, 1.807) is 0 Å². The van der Waals surface area contributed by atoms with E-state index in [-0.39, 0.29) is 34.7 Å². The molecule has 0 amide bonds. The van der Waals surface area contributed by atoms with Gasteiger partial charge in [0, 0.05) is 24.3 Å². The van der Waals surface area contributed by atoms with Crippen molar-refractivity contribution >= 4 is 22.6 Å². The van der Waals surface area contributed by atoms with E-state index >= 15 is 4.39 Å². The molecule has 0 spiro atoms. The van der Waals surface area contributed by atoms with Crippen molar-refractivity contribution in [3.63, 3.8) is 0 Å². The van der Waals surface area contributed by atoms with Gasteiger partial charge in [0.2, 0.25) is 5.43 Å². The summed E-state index contributed by atoms with van der Waals surface area (Å²) in [5.74, 6) is -2.90. The predicted octanol–water partition coefficient (Wildman–Crippen LogP) is 3.44. The molecule has 136 valence electrons. The quantitative estimate of drug-likeness (QED) is 0.911. The highest BCUT2D eigenvalue weighted by Crippen LogP contribution is 2.45. The number of hydrogen-bond donors (Lipinski definition) is 1. The number of aromatic nitrogens is 1. The SMILES string of the molecule is O=C(O)c1cn(C2CC2)c2c(F)c(N3C4CCC3CC4)c(F)cc2c1=O. The van der Waals surface area contributed by atoms with Crippen LogP contribution in [0, 0.1) is 11.6 Å². The molecule has 26 heavy (non-hydrogen) atoms. The fourth-order valence-electron chi connectivity index (χ4n) is 4.74. The monoisotopic (exact) mass is 360 g/mol. The molecule has 1 aromatic heterocycles. The number of hydrogen-bond acceptors (Lipinski definition) is 3. The van der Waals surface area contributed by atoms with E-state index in [1.807, 2.05) is 4.90 Å². The van der Waals surface area contributed by atoms with Crippen molar-refractivity contribution in [2.24, 2.45) is 0 Å². The number of nitrogens with zero attached hydrogens (tertiary/aromatic N) is 2. The number of aromatic carboxylic acids is 1. The summed E-state index contributed by atoms with van der Waals surface area (Å²) in [5, 5.41) is 9.09. The first kappa shape index (κ1) is 15.8. The largest absolute Gasteiger partial charge is 0.477 e. The molecule has 2 saturated heterocycles. The zero-order chi connectivity index (χ0) is 18.2. The Morgan fingerprint density at radius 3 is 2.15 bits per heavy atom. The Bertz CT molecular complexity index is 992. The number of fused-ring (bicyclic) bond motifs is 3. The summed E-state index contributed by atoms with van der Waals surface area (Å²) in [6.45, 7) is 0. The second-order valence-corrected chi connectivity index (χ2v) is 7.60. The highest BCUT2D eigenvalue weighted by Gasteiger charge is 2.42. The van der Waals surface area contributed by atoms with Crippen molar-refractivity contribution in [2.45, 2.75) is 56.7 Å². The summed E-state index contributed by atoms with van der Waals surface area (Å²) in [7, 11) is 0. The van der Waals surface area contributed by atoms with E-state index in [0.717, 1.165) is 44.6 Å². The molecule has 1 saturated carbocycles. The summed E-state index contributed by atoms with van der Waals surface area (Å²) in [6, 6.07) is 1.26. The van der Waals surface area contributed by atoms with Gasteiger partial charge in [0.05, 0.1) is 10.9 Å². The molecule has 1 aliphatic carbocycles.